The molecule has 0 saturated heterocycles. The fraction of sp³-hybridized carbons (Fsp3) is 0.375. The van der Waals surface area contributed by atoms with Gasteiger partial charge in [0.25, 0.3) is 5.56 Å². The molecule has 6 heteroatoms. The number of thioether (sulfide) groups is 1. The maximum atomic E-state index is 12.5. The highest BCUT2D eigenvalue weighted by Crippen LogP contribution is 2.22. The molecule has 1 aromatic heterocycles. The van der Waals surface area contributed by atoms with Crippen LogP contribution in [0.25, 0.3) is 10.9 Å². The molecule has 0 bridgehead atoms. The van der Waals surface area contributed by atoms with E-state index in [0.717, 1.165) is 0 Å². The number of fused-ring (bicyclic) bond motifs is 1. The lowest BCUT2D eigenvalue weighted by molar-refractivity contribution is 0.630. The monoisotopic (exact) mass is 312 g/mol. The second-order valence-electron chi connectivity index (χ2n) is 4.79. The zero-order valence-electron chi connectivity index (χ0n) is 12.3. The number of nitrogens with zero attached hydrogens (tertiary/aromatic N) is 4. The molecular weight excluding hydrogens is 296 g/mol. The number of aromatic nitrogens is 2. The van der Waals surface area contributed by atoms with Crippen molar-refractivity contribution in [1.82, 2.24) is 9.55 Å². The summed E-state index contributed by atoms with van der Waals surface area (Å²) in [6, 6.07) is 11.5. The van der Waals surface area contributed by atoms with Crippen LogP contribution in [0.4, 0.5) is 0 Å². The van der Waals surface area contributed by atoms with Crippen molar-refractivity contribution in [2.75, 3.05) is 5.75 Å². The van der Waals surface area contributed by atoms with Crippen molar-refractivity contribution in [3.8, 4) is 12.1 Å². The SMILES string of the molecule is CCn1c(SC[C@@H](C#N)CCC#N)nc2ccccc2c1=O. The first-order chi connectivity index (χ1) is 10.7. The van der Waals surface area contributed by atoms with Crippen LogP contribution in [0.1, 0.15) is 19.8 Å². The molecule has 0 aliphatic carbocycles. The van der Waals surface area contributed by atoms with Crippen LogP contribution in [-0.2, 0) is 6.54 Å². The fourth-order valence-corrected chi connectivity index (χ4v) is 3.26. The van der Waals surface area contributed by atoms with Crippen LogP contribution >= 0.6 is 11.8 Å². The van der Waals surface area contributed by atoms with E-state index in [2.05, 4.69) is 17.1 Å². The van der Waals surface area contributed by atoms with Crippen LogP contribution in [0.3, 0.4) is 0 Å². The number of hydrogen-bond acceptors (Lipinski definition) is 5. The second kappa shape index (κ2) is 7.63. The number of benzene rings is 1. The highest BCUT2D eigenvalue weighted by Gasteiger charge is 2.13. The molecule has 2 aromatic rings. The summed E-state index contributed by atoms with van der Waals surface area (Å²) in [7, 11) is 0. The molecule has 0 saturated carbocycles. The average molecular weight is 312 g/mol. The summed E-state index contributed by atoms with van der Waals surface area (Å²) in [5.74, 6) is 0.321. The Morgan fingerprint density at radius 3 is 2.82 bits per heavy atom. The molecule has 1 atom stereocenters. The van der Waals surface area contributed by atoms with Crippen molar-refractivity contribution >= 4 is 22.7 Å². The number of para-hydroxylation sites is 1. The van der Waals surface area contributed by atoms with Gasteiger partial charge in [-0.25, -0.2) is 4.98 Å². The minimum Gasteiger partial charge on any atom is -0.287 e. The third-order valence-corrected chi connectivity index (χ3v) is 4.48. The predicted molar refractivity (Wildman–Crippen MR) is 86.4 cm³/mol. The zero-order chi connectivity index (χ0) is 15.9. The fourth-order valence-electron chi connectivity index (χ4n) is 2.14. The van der Waals surface area contributed by atoms with Crippen LogP contribution in [0, 0.1) is 28.6 Å². The normalized spacial score (nSPS) is 11.8. The van der Waals surface area contributed by atoms with Gasteiger partial charge in [0, 0.05) is 18.7 Å². The second-order valence-corrected chi connectivity index (χ2v) is 5.78. The van der Waals surface area contributed by atoms with Crippen molar-refractivity contribution in [3.63, 3.8) is 0 Å². The van der Waals surface area contributed by atoms with Crippen molar-refractivity contribution in [3.05, 3.63) is 34.6 Å². The van der Waals surface area contributed by atoms with Gasteiger partial charge in [-0.1, -0.05) is 23.9 Å². The molecule has 0 aliphatic heterocycles. The first-order valence-corrected chi connectivity index (χ1v) is 8.08. The summed E-state index contributed by atoms with van der Waals surface area (Å²) >= 11 is 1.40. The summed E-state index contributed by atoms with van der Waals surface area (Å²) in [5, 5.41) is 19.0. The van der Waals surface area contributed by atoms with Crippen molar-refractivity contribution in [2.45, 2.75) is 31.5 Å². The van der Waals surface area contributed by atoms with Crippen molar-refractivity contribution in [1.29, 1.82) is 10.5 Å². The van der Waals surface area contributed by atoms with E-state index in [1.54, 1.807) is 10.6 Å². The van der Waals surface area contributed by atoms with E-state index in [-0.39, 0.29) is 11.5 Å². The van der Waals surface area contributed by atoms with Gasteiger partial charge in [0.1, 0.15) is 0 Å². The van der Waals surface area contributed by atoms with Crippen molar-refractivity contribution in [2.24, 2.45) is 5.92 Å². The smallest absolute Gasteiger partial charge is 0.262 e. The third-order valence-electron chi connectivity index (χ3n) is 3.34. The molecule has 1 heterocycles. The van der Waals surface area contributed by atoms with E-state index in [4.69, 9.17) is 10.5 Å². The van der Waals surface area contributed by atoms with E-state index < -0.39 is 0 Å². The van der Waals surface area contributed by atoms with Gasteiger partial charge < -0.3 is 0 Å². The van der Waals surface area contributed by atoms with E-state index in [1.165, 1.54) is 11.8 Å². The highest BCUT2D eigenvalue weighted by atomic mass is 32.2. The molecule has 0 N–H and O–H groups in total. The number of rotatable bonds is 6. The Morgan fingerprint density at radius 1 is 1.36 bits per heavy atom. The highest BCUT2D eigenvalue weighted by molar-refractivity contribution is 7.99. The van der Waals surface area contributed by atoms with E-state index in [9.17, 15) is 4.79 Å². The van der Waals surface area contributed by atoms with Gasteiger partial charge in [0.05, 0.1) is 29.0 Å². The summed E-state index contributed by atoms with van der Waals surface area (Å²) in [6.07, 6.45) is 0.911. The van der Waals surface area contributed by atoms with Gasteiger partial charge in [0.2, 0.25) is 0 Å². The molecule has 0 unspecified atom stereocenters. The molecule has 112 valence electrons. The number of hydrogen-bond donors (Lipinski definition) is 0. The molecule has 0 radical (unpaired) electrons. The van der Waals surface area contributed by atoms with E-state index >= 15 is 0 Å². The summed E-state index contributed by atoms with van der Waals surface area (Å²) < 4.78 is 1.63. The standard InChI is InChI=1S/C16H16N4OS/c1-2-20-15(21)13-7-3-4-8-14(13)19-16(20)22-11-12(10-18)6-5-9-17/h3-4,7-8,12H,2,5-6,11H2,1H3/t12-/m1/s1. The molecule has 22 heavy (non-hydrogen) atoms. The zero-order valence-corrected chi connectivity index (χ0v) is 13.1. The lowest BCUT2D eigenvalue weighted by Gasteiger charge is -2.12. The Labute approximate surface area is 133 Å². The van der Waals surface area contributed by atoms with Crippen LogP contribution in [0.2, 0.25) is 0 Å². The van der Waals surface area contributed by atoms with Gasteiger partial charge >= 0.3 is 0 Å². The van der Waals surface area contributed by atoms with Gasteiger partial charge in [-0.2, -0.15) is 10.5 Å². The quantitative estimate of drug-likeness (QED) is 0.605. The van der Waals surface area contributed by atoms with Crippen LogP contribution in [0.5, 0.6) is 0 Å². The third kappa shape index (κ3) is 3.47. The molecule has 2 rings (SSSR count). The van der Waals surface area contributed by atoms with Gasteiger partial charge in [0.15, 0.2) is 5.16 Å². The molecule has 5 nitrogen and oxygen atoms in total. The Morgan fingerprint density at radius 2 is 2.14 bits per heavy atom. The summed E-state index contributed by atoms with van der Waals surface area (Å²) in [6.45, 7) is 2.44. The Hall–Kier alpha value is -2.31. The van der Waals surface area contributed by atoms with Crippen LogP contribution in [0.15, 0.2) is 34.2 Å². The minimum absolute atomic E-state index is 0.0545. The molecule has 0 fully saturated rings. The Bertz CT molecular complexity index is 800. The maximum Gasteiger partial charge on any atom is 0.262 e. The van der Waals surface area contributed by atoms with Gasteiger partial charge in [-0.05, 0) is 25.5 Å². The molecular formula is C16H16N4OS. The van der Waals surface area contributed by atoms with Crippen LogP contribution < -0.4 is 5.56 Å². The summed E-state index contributed by atoms with van der Waals surface area (Å²) in [5.41, 5.74) is 0.617. The molecule has 1 aromatic carbocycles. The first-order valence-electron chi connectivity index (χ1n) is 7.10. The summed E-state index contributed by atoms with van der Waals surface area (Å²) in [4.78, 5) is 17.0. The van der Waals surface area contributed by atoms with Crippen LogP contribution in [-0.4, -0.2) is 15.3 Å². The topological polar surface area (TPSA) is 82.5 Å². The molecule has 0 spiro atoms. The minimum atomic E-state index is -0.210. The Kier molecular flexibility index (Phi) is 5.57. The maximum absolute atomic E-state index is 12.5. The first kappa shape index (κ1) is 16.1. The largest absolute Gasteiger partial charge is 0.287 e. The van der Waals surface area contributed by atoms with Gasteiger partial charge in [-0.3, -0.25) is 9.36 Å². The molecule has 0 amide bonds. The van der Waals surface area contributed by atoms with Gasteiger partial charge in [-0.15, -0.1) is 0 Å². The Balaban J connectivity index is 2.29. The predicted octanol–water partition coefficient (Wildman–Crippen LogP) is 2.95. The lowest BCUT2D eigenvalue weighted by Crippen LogP contribution is -2.22. The number of nitriles is 2. The average Bonchev–Trinajstić information content (AvgIpc) is 2.55. The van der Waals surface area contributed by atoms with Crippen molar-refractivity contribution < 1.29 is 0 Å². The lowest BCUT2D eigenvalue weighted by atomic mass is 10.1. The molecule has 0 aliphatic rings. The van der Waals surface area contributed by atoms with E-state index in [1.807, 2.05) is 25.1 Å². The van der Waals surface area contributed by atoms with E-state index in [0.29, 0.717) is 41.2 Å².